The minimum Gasteiger partial charge on any atom is -0.507 e. The number of cyclic esters (lactones) is 1. The summed E-state index contributed by atoms with van der Waals surface area (Å²) in [5, 5.41) is 30.1. The highest BCUT2D eigenvalue weighted by Gasteiger charge is 2.24. The molecule has 0 saturated heterocycles. The number of carbonyl (C=O) groups excluding carboxylic acids is 2. The average molecular weight is 360 g/mol. The minimum atomic E-state index is -1.53. The maximum Gasteiger partial charge on any atom is 0.342 e. The van der Waals surface area contributed by atoms with Gasteiger partial charge in [0.1, 0.15) is 23.5 Å². The molecule has 0 spiro atoms. The number of ketones is 1. The normalized spacial score (nSPS) is 30.0. The number of phenols is 1. The van der Waals surface area contributed by atoms with Crippen molar-refractivity contribution in [2.24, 2.45) is 5.92 Å². The molecular formula is C20H24O6. The Bertz CT molecular complexity index is 749. The van der Waals surface area contributed by atoms with Crippen LogP contribution in [-0.4, -0.2) is 45.4 Å². The molecule has 0 radical (unpaired) electrons. The molecule has 0 amide bonds. The molecule has 26 heavy (non-hydrogen) atoms. The summed E-state index contributed by atoms with van der Waals surface area (Å²) < 4.78 is 5.43. The van der Waals surface area contributed by atoms with Gasteiger partial charge in [-0.2, -0.15) is 0 Å². The summed E-state index contributed by atoms with van der Waals surface area (Å²) in [6, 6.07) is 3.18. The Balaban J connectivity index is 2.48. The number of phenolic OH excluding ortho intramolecular Hbond substituents is 1. The highest BCUT2D eigenvalue weighted by molar-refractivity contribution is 5.97. The second kappa shape index (κ2) is 8.29. The maximum atomic E-state index is 12.5. The Morgan fingerprint density at radius 2 is 1.81 bits per heavy atom. The Morgan fingerprint density at radius 3 is 2.50 bits per heavy atom. The van der Waals surface area contributed by atoms with E-state index in [1.807, 2.05) is 0 Å². The molecule has 6 heteroatoms. The van der Waals surface area contributed by atoms with Gasteiger partial charge < -0.3 is 20.1 Å². The topological polar surface area (TPSA) is 104 Å². The molecule has 1 heterocycles. The van der Waals surface area contributed by atoms with Crippen LogP contribution in [-0.2, 0) is 9.53 Å². The number of aromatic hydroxyl groups is 1. The van der Waals surface area contributed by atoms with E-state index in [9.17, 15) is 24.9 Å². The van der Waals surface area contributed by atoms with E-state index in [0.29, 0.717) is 5.56 Å². The molecule has 0 aromatic heterocycles. The van der Waals surface area contributed by atoms with Gasteiger partial charge in [-0.1, -0.05) is 31.2 Å². The molecule has 2 rings (SSSR count). The van der Waals surface area contributed by atoms with Crippen LogP contribution < -0.4 is 0 Å². The van der Waals surface area contributed by atoms with Gasteiger partial charge in [-0.3, -0.25) is 4.79 Å². The van der Waals surface area contributed by atoms with Crippen molar-refractivity contribution < 1.29 is 29.6 Å². The minimum absolute atomic E-state index is 0.00982. The summed E-state index contributed by atoms with van der Waals surface area (Å²) in [7, 11) is 0. The summed E-state index contributed by atoms with van der Waals surface area (Å²) in [6.07, 6.45) is 2.44. The van der Waals surface area contributed by atoms with Crippen LogP contribution in [0.15, 0.2) is 30.4 Å². The fourth-order valence-corrected chi connectivity index (χ4v) is 2.64. The standard InChI is InChI=1S/C20H24O6/c1-11-9-14-5-4-6-15(21)19(24)16(22)8-7-12(2)13(3)26-20(25)18(14)17(23)10-11/h4-5,7-10,12-13,15,19,21,23-24H,6H2,1-3H3/b5-4+,8-7-/t12-,13+,15+,19-/m1/s1. The van der Waals surface area contributed by atoms with E-state index in [2.05, 4.69) is 0 Å². The molecule has 1 aliphatic rings. The SMILES string of the molecule is Cc1cc(O)c2c(c1)/C=C/C[C@H](O)[C@@H](O)C(=O)/C=C\[C@@H](C)[C@H](C)OC2=O. The zero-order valence-electron chi connectivity index (χ0n) is 15.0. The lowest BCUT2D eigenvalue weighted by Gasteiger charge is -2.20. The molecular weight excluding hydrogens is 336 g/mol. The van der Waals surface area contributed by atoms with Crippen LogP contribution in [0.4, 0.5) is 0 Å². The highest BCUT2D eigenvalue weighted by atomic mass is 16.5. The first-order valence-electron chi connectivity index (χ1n) is 8.50. The molecule has 0 aliphatic carbocycles. The number of hydrogen-bond donors (Lipinski definition) is 3. The van der Waals surface area contributed by atoms with Crippen LogP contribution in [0.1, 0.15) is 41.8 Å². The van der Waals surface area contributed by atoms with Crippen LogP contribution in [0.25, 0.3) is 6.08 Å². The van der Waals surface area contributed by atoms with Crippen LogP contribution in [0.3, 0.4) is 0 Å². The number of aliphatic hydroxyl groups is 2. The molecule has 0 unspecified atom stereocenters. The van der Waals surface area contributed by atoms with Crippen LogP contribution in [0.5, 0.6) is 5.75 Å². The second-order valence-electron chi connectivity index (χ2n) is 6.63. The lowest BCUT2D eigenvalue weighted by atomic mass is 9.99. The summed E-state index contributed by atoms with van der Waals surface area (Å²) >= 11 is 0. The van der Waals surface area contributed by atoms with E-state index in [4.69, 9.17) is 4.74 Å². The van der Waals surface area contributed by atoms with Crippen molar-refractivity contribution in [3.63, 3.8) is 0 Å². The summed E-state index contributed by atoms with van der Waals surface area (Å²) in [6.45, 7) is 5.21. The molecule has 0 saturated carbocycles. The van der Waals surface area contributed by atoms with Crippen LogP contribution in [0.2, 0.25) is 0 Å². The van der Waals surface area contributed by atoms with Crippen molar-refractivity contribution in [1.82, 2.24) is 0 Å². The van der Waals surface area contributed by atoms with Gasteiger partial charge in [-0.15, -0.1) is 0 Å². The van der Waals surface area contributed by atoms with Crippen molar-refractivity contribution >= 4 is 17.8 Å². The summed E-state index contributed by atoms with van der Waals surface area (Å²) in [4.78, 5) is 24.5. The van der Waals surface area contributed by atoms with Crippen molar-refractivity contribution in [3.8, 4) is 5.75 Å². The number of aliphatic hydroxyl groups excluding tert-OH is 2. The first kappa shape index (κ1) is 19.9. The molecule has 3 N–H and O–H groups in total. The predicted octanol–water partition coefficient (Wildman–Crippen LogP) is 2.15. The van der Waals surface area contributed by atoms with E-state index in [0.717, 1.165) is 5.56 Å². The third kappa shape index (κ3) is 4.59. The van der Waals surface area contributed by atoms with Crippen molar-refractivity contribution in [2.45, 2.75) is 45.5 Å². The maximum absolute atomic E-state index is 12.5. The monoisotopic (exact) mass is 360 g/mol. The number of aryl methyl sites for hydroxylation is 1. The number of fused-ring (bicyclic) bond motifs is 1. The van der Waals surface area contributed by atoms with E-state index in [-0.39, 0.29) is 23.7 Å². The largest absolute Gasteiger partial charge is 0.507 e. The molecule has 6 nitrogen and oxygen atoms in total. The number of ether oxygens (including phenoxy) is 1. The molecule has 1 aromatic carbocycles. The molecule has 1 aromatic rings. The summed E-state index contributed by atoms with van der Waals surface area (Å²) in [5.74, 6) is -1.77. The fraction of sp³-hybridized carbons (Fsp3) is 0.400. The van der Waals surface area contributed by atoms with Crippen LogP contribution in [0, 0.1) is 12.8 Å². The quantitative estimate of drug-likeness (QED) is 0.613. The van der Waals surface area contributed by atoms with E-state index in [1.54, 1.807) is 32.9 Å². The smallest absolute Gasteiger partial charge is 0.342 e. The number of esters is 1. The third-order valence-corrected chi connectivity index (χ3v) is 4.42. The summed E-state index contributed by atoms with van der Waals surface area (Å²) in [5.41, 5.74) is 1.23. The third-order valence-electron chi connectivity index (χ3n) is 4.42. The molecule has 4 atom stereocenters. The number of benzene rings is 1. The lowest BCUT2D eigenvalue weighted by molar-refractivity contribution is -0.127. The Hall–Kier alpha value is -2.44. The first-order chi connectivity index (χ1) is 12.2. The predicted molar refractivity (Wildman–Crippen MR) is 96.7 cm³/mol. The zero-order valence-corrected chi connectivity index (χ0v) is 15.0. The van der Waals surface area contributed by atoms with Gasteiger partial charge in [0.05, 0.1) is 6.10 Å². The van der Waals surface area contributed by atoms with E-state index < -0.39 is 30.1 Å². The van der Waals surface area contributed by atoms with E-state index >= 15 is 0 Å². The highest BCUT2D eigenvalue weighted by Crippen LogP contribution is 2.27. The van der Waals surface area contributed by atoms with Gasteiger partial charge in [0.2, 0.25) is 0 Å². The molecule has 0 fully saturated rings. The van der Waals surface area contributed by atoms with Crippen molar-refractivity contribution in [1.29, 1.82) is 0 Å². The van der Waals surface area contributed by atoms with Gasteiger partial charge in [0.15, 0.2) is 5.78 Å². The van der Waals surface area contributed by atoms with Crippen LogP contribution >= 0.6 is 0 Å². The second-order valence-corrected chi connectivity index (χ2v) is 6.63. The van der Waals surface area contributed by atoms with E-state index in [1.165, 1.54) is 24.3 Å². The number of hydrogen-bond acceptors (Lipinski definition) is 6. The Labute approximate surface area is 152 Å². The first-order valence-corrected chi connectivity index (χ1v) is 8.50. The van der Waals surface area contributed by atoms with Gasteiger partial charge in [0, 0.05) is 5.92 Å². The Morgan fingerprint density at radius 1 is 1.12 bits per heavy atom. The number of rotatable bonds is 0. The van der Waals surface area contributed by atoms with Gasteiger partial charge in [-0.25, -0.2) is 4.79 Å². The van der Waals surface area contributed by atoms with Gasteiger partial charge in [0.25, 0.3) is 0 Å². The van der Waals surface area contributed by atoms with Crippen molar-refractivity contribution in [2.75, 3.05) is 0 Å². The van der Waals surface area contributed by atoms with Gasteiger partial charge >= 0.3 is 5.97 Å². The number of carbonyl (C=O) groups is 2. The average Bonchev–Trinajstić information content (AvgIpc) is 2.56. The molecule has 140 valence electrons. The molecule has 1 aliphatic heterocycles. The molecule has 0 bridgehead atoms. The van der Waals surface area contributed by atoms with Crippen molar-refractivity contribution in [3.05, 3.63) is 47.1 Å². The fourth-order valence-electron chi connectivity index (χ4n) is 2.64. The Kier molecular flexibility index (Phi) is 6.34. The lowest BCUT2D eigenvalue weighted by Crippen LogP contribution is -2.32. The van der Waals surface area contributed by atoms with Gasteiger partial charge in [-0.05, 0) is 43.5 Å². The zero-order chi connectivity index (χ0) is 19.4.